The molecule has 0 atom stereocenters. The van der Waals surface area contributed by atoms with E-state index in [0.29, 0.717) is 6.54 Å². The predicted octanol–water partition coefficient (Wildman–Crippen LogP) is 0.714. The minimum absolute atomic E-state index is 0.375. The Morgan fingerprint density at radius 1 is 1.82 bits per heavy atom. The Morgan fingerprint density at radius 2 is 2.45 bits per heavy atom. The first-order valence-electron chi connectivity index (χ1n) is 3.95. The van der Waals surface area contributed by atoms with E-state index in [1.54, 1.807) is 19.9 Å². The van der Waals surface area contributed by atoms with Crippen LogP contribution in [0.5, 0.6) is 0 Å². The van der Waals surface area contributed by atoms with Gasteiger partial charge in [-0.15, -0.1) is 0 Å². The van der Waals surface area contributed by atoms with Crippen molar-refractivity contribution < 1.29 is 10.9 Å². The zero-order valence-electron chi connectivity index (χ0n) is 8.18. The normalized spacial score (nSPS) is 13.2. The van der Waals surface area contributed by atoms with Crippen molar-refractivity contribution in [2.45, 2.75) is 19.9 Å². The molecule has 0 aromatic heterocycles. The second-order valence-electron chi connectivity index (χ2n) is 2.31. The van der Waals surface area contributed by atoms with Gasteiger partial charge in [0.2, 0.25) is 0 Å². The fourth-order valence-corrected chi connectivity index (χ4v) is 0.486. The maximum Gasteiger partial charge on any atom is 0.330 e. The lowest BCUT2D eigenvalue weighted by Gasteiger charge is -2.02. The van der Waals surface area contributed by atoms with Gasteiger partial charge < -0.3 is 10.1 Å². The number of hydrogen-bond acceptors (Lipinski definition) is 3. The SMILES string of the molecule is [2H]C(C)(C)NC/C=C/C(=O)OC. The summed E-state index contributed by atoms with van der Waals surface area (Å²) in [7, 11) is 1.33. The number of rotatable bonds is 4. The van der Waals surface area contributed by atoms with Crippen LogP contribution in [0.1, 0.15) is 15.2 Å². The lowest BCUT2D eigenvalue weighted by Crippen LogP contribution is -2.22. The fourth-order valence-electron chi connectivity index (χ4n) is 0.486. The van der Waals surface area contributed by atoms with Crippen LogP contribution in [0.4, 0.5) is 0 Å². The molecule has 0 bridgehead atoms. The minimum Gasteiger partial charge on any atom is -0.466 e. The number of carbonyl (C=O) groups excluding carboxylic acids is 1. The number of carbonyl (C=O) groups is 1. The second-order valence-corrected chi connectivity index (χ2v) is 2.31. The Hall–Kier alpha value is -0.830. The molecular formula is C8H15NO2. The highest BCUT2D eigenvalue weighted by atomic mass is 16.5. The average molecular weight is 158 g/mol. The van der Waals surface area contributed by atoms with Crippen molar-refractivity contribution in [2.75, 3.05) is 13.7 Å². The number of esters is 1. The molecule has 11 heavy (non-hydrogen) atoms. The first-order chi connectivity index (χ1) is 5.45. The van der Waals surface area contributed by atoms with E-state index >= 15 is 0 Å². The maximum absolute atomic E-state index is 10.6. The van der Waals surface area contributed by atoms with Crippen molar-refractivity contribution in [1.29, 1.82) is 0 Å². The zero-order valence-corrected chi connectivity index (χ0v) is 7.18. The van der Waals surface area contributed by atoms with Gasteiger partial charge in [-0.05, 0) is 0 Å². The average Bonchev–Trinajstić information content (AvgIpc) is 1.96. The molecule has 3 nitrogen and oxygen atoms in total. The largest absolute Gasteiger partial charge is 0.466 e. The van der Waals surface area contributed by atoms with Crippen molar-refractivity contribution in [3.05, 3.63) is 12.2 Å². The molecule has 0 unspecified atom stereocenters. The molecule has 0 aliphatic heterocycles. The highest BCUT2D eigenvalue weighted by Crippen LogP contribution is 1.79. The minimum atomic E-state index is -0.666. The van der Waals surface area contributed by atoms with Gasteiger partial charge >= 0.3 is 5.97 Å². The summed E-state index contributed by atoms with van der Waals surface area (Å²) in [6, 6.07) is -0.666. The molecule has 0 aromatic carbocycles. The Bertz CT molecular complexity index is 172. The first-order valence-corrected chi connectivity index (χ1v) is 3.45. The quantitative estimate of drug-likeness (QED) is 0.484. The molecule has 0 saturated carbocycles. The van der Waals surface area contributed by atoms with Gasteiger partial charge in [0.05, 0.1) is 7.11 Å². The summed E-state index contributed by atoms with van der Waals surface area (Å²) < 4.78 is 11.8. The van der Waals surface area contributed by atoms with Crippen molar-refractivity contribution >= 4 is 5.97 Å². The second kappa shape index (κ2) is 5.92. The lowest BCUT2D eigenvalue weighted by atomic mass is 10.4. The van der Waals surface area contributed by atoms with Crippen molar-refractivity contribution in [2.24, 2.45) is 0 Å². The van der Waals surface area contributed by atoms with Crippen molar-refractivity contribution in [1.82, 2.24) is 5.32 Å². The van der Waals surface area contributed by atoms with Gasteiger partial charge in [-0.25, -0.2) is 4.79 Å². The highest BCUT2D eigenvalue weighted by Gasteiger charge is 1.90. The monoisotopic (exact) mass is 158 g/mol. The van der Waals surface area contributed by atoms with Gasteiger partial charge in [-0.3, -0.25) is 0 Å². The molecule has 64 valence electrons. The summed E-state index contributed by atoms with van der Waals surface area (Å²) >= 11 is 0. The van der Waals surface area contributed by atoms with Crippen LogP contribution in [0.3, 0.4) is 0 Å². The van der Waals surface area contributed by atoms with Crippen LogP contribution in [0.2, 0.25) is 0 Å². The van der Waals surface area contributed by atoms with Crippen LogP contribution in [0.15, 0.2) is 12.2 Å². The fraction of sp³-hybridized carbons (Fsp3) is 0.625. The third-order valence-corrected chi connectivity index (χ3v) is 1.03. The molecule has 0 rings (SSSR count). The molecule has 0 spiro atoms. The van der Waals surface area contributed by atoms with Crippen LogP contribution in [0.25, 0.3) is 0 Å². The maximum atomic E-state index is 10.6. The Kier molecular flexibility index (Phi) is 4.45. The van der Waals surface area contributed by atoms with E-state index in [0.717, 1.165) is 0 Å². The molecule has 0 aliphatic carbocycles. The van der Waals surface area contributed by atoms with Crippen molar-refractivity contribution in [3.8, 4) is 0 Å². The lowest BCUT2D eigenvalue weighted by molar-refractivity contribution is -0.134. The van der Waals surface area contributed by atoms with Gasteiger partial charge in [0, 0.05) is 20.0 Å². The Balaban J connectivity index is 3.56. The molecule has 0 aliphatic rings. The van der Waals surface area contributed by atoms with E-state index in [-0.39, 0.29) is 5.97 Å². The van der Waals surface area contributed by atoms with E-state index in [2.05, 4.69) is 10.1 Å². The van der Waals surface area contributed by atoms with Crippen LogP contribution < -0.4 is 5.32 Å². The van der Waals surface area contributed by atoms with Crippen LogP contribution in [-0.4, -0.2) is 25.6 Å². The standard InChI is InChI=1S/C8H15NO2/c1-7(2)9-6-4-5-8(10)11-3/h4-5,7,9H,6H2,1-3H3/b5-4+/i7D. The third kappa shape index (κ3) is 7.06. The Morgan fingerprint density at radius 3 is 2.91 bits per heavy atom. The van der Waals surface area contributed by atoms with E-state index in [4.69, 9.17) is 1.37 Å². The molecule has 0 fully saturated rings. The zero-order chi connectivity index (χ0) is 9.61. The van der Waals surface area contributed by atoms with Crippen LogP contribution in [-0.2, 0) is 9.53 Å². The van der Waals surface area contributed by atoms with Gasteiger partial charge in [0.1, 0.15) is 0 Å². The summed E-state index contributed by atoms with van der Waals surface area (Å²) in [5.41, 5.74) is 0. The van der Waals surface area contributed by atoms with Gasteiger partial charge in [0.15, 0.2) is 0 Å². The summed E-state index contributed by atoms with van der Waals surface area (Å²) in [5, 5.41) is 2.87. The Labute approximate surface area is 68.8 Å². The predicted molar refractivity (Wildman–Crippen MR) is 44.3 cm³/mol. The molecular weight excluding hydrogens is 142 g/mol. The summed E-state index contributed by atoms with van der Waals surface area (Å²) in [5.74, 6) is -0.375. The van der Waals surface area contributed by atoms with Gasteiger partial charge in [-0.1, -0.05) is 19.9 Å². The van der Waals surface area contributed by atoms with E-state index in [1.807, 2.05) is 0 Å². The highest BCUT2D eigenvalue weighted by molar-refractivity contribution is 5.81. The number of ether oxygens (including phenoxy) is 1. The topological polar surface area (TPSA) is 38.3 Å². The molecule has 0 aromatic rings. The van der Waals surface area contributed by atoms with E-state index in [9.17, 15) is 4.79 Å². The van der Waals surface area contributed by atoms with E-state index in [1.165, 1.54) is 13.2 Å². The number of methoxy groups -OCH3 is 1. The first kappa shape index (κ1) is 8.27. The number of nitrogens with one attached hydrogen (secondary N) is 1. The molecule has 0 amide bonds. The van der Waals surface area contributed by atoms with Gasteiger partial charge in [0.25, 0.3) is 0 Å². The van der Waals surface area contributed by atoms with E-state index < -0.39 is 6.02 Å². The molecule has 0 radical (unpaired) electrons. The van der Waals surface area contributed by atoms with Crippen LogP contribution >= 0.6 is 0 Å². The third-order valence-electron chi connectivity index (χ3n) is 1.03. The van der Waals surface area contributed by atoms with Crippen LogP contribution in [0, 0.1) is 0 Å². The summed E-state index contributed by atoms with van der Waals surface area (Å²) in [4.78, 5) is 10.6. The smallest absolute Gasteiger partial charge is 0.330 e. The number of hydrogen-bond donors (Lipinski definition) is 1. The molecule has 1 N–H and O–H groups in total. The summed E-state index contributed by atoms with van der Waals surface area (Å²) in [6.45, 7) is 3.96. The molecule has 0 saturated heterocycles. The van der Waals surface area contributed by atoms with Gasteiger partial charge in [-0.2, -0.15) is 0 Å². The molecule has 3 heteroatoms. The van der Waals surface area contributed by atoms with Crippen molar-refractivity contribution in [3.63, 3.8) is 0 Å². The summed E-state index contributed by atoms with van der Waals surface area (Å²) in [6.07, 6.45) is 2.96. The molecule has 0 heterocycles.